The van der Waals surface area contributed by atoms with Crippen LogP contribution < -0.4 is 24.8 Å². The van der Waals surface area contributed by atoms with Gasteiger partial charge in [0.1, 0.15) is 5.75 Å². The van der Waals surface area contributed by atoms with Crippen molar-refractivity contribution in [3.8, 4) is 17.2 Å². The molecule has 1 atom stereocenters. The molecule has 2 heterocycles. The minimum Gasteiger partial charge on any atom is -0.492 e. The number of anilines is 3. The summed E-state index contributed by atoms with van der Waals surface area (Å²) >= 11 is 2.73. The zero-order valence-corrected chi connectivity index (χ0v) is 18.0. The predicted octanol–water partition coefficient (Wildman–Crippen LogP) is 4.53. The minimum atomic E-state index is -0.355. The number of ether oxygens (including phenoxy) is 3. The number of aromatic nitrogens is 2. The fourth-order valence-corrected chi connectivity index (χ4v) is 4.61. The number of para-hydroxylation sites is 2. The molecule has 0 fully saturated rings. The molecule has 156 valence electrons. The van der Waals surface area contributed by atoms with E-state index in [1.165, 1.54) is 23.1 Å². The van der Waals surface area contributed by atoms with Gasteiger partial charge in [-0.05, 0) is 38.1 Å². The Morgan fingerprint density at radius 3 is 2.93 bits per heavy atom. The van der Waals surface area contributed by atoms with Gasteiger partial charge in [-0.25, -0.2) is 0 Å². The van der Waals surface area contributed by atoms with E-state index in [1.807, 2.05) is 38.1 Å². The minimum absolute atomic E-state index is 0.134. The van der Waals surface area contributed by atoms with E-state index < -0.39 is 0 Å². The van der Waals surface area contributed by atoms with Crippen LogP contribution in [0.3, 0.4) is 0 Å². The Morgan fingerprint density at radius 2 is 2.07 bits per heavy atom. The highest BCUT2D eigenvalue weighted by atomic mass is 32.2. The van der Waals surface area contributed by atoms with Crippen LogP contribution in [0.1, 0.15) is 13.8 Å². The second kappa shape index (κ2) is 9.23. The summed E-state index contributed by atoms with van der Waals surface area (Å²) < 4.78 is 16.9. The Balaban J connectivity index is 1.35. The van der Waals surface area contributed by atoms with E-state index in [-0.39, 0.29) is 18.0 Å². The van der Waals surface area contributed by atoms with Gasteiger partial charge in [-0.3, -0.25) is 4.79 Å². The van der Waals surface area contributed by atoms with E-state index in [0.717, 1.165) is 11.4 Å². The molecule has 4 rings (SSSR count). The number of carbonyl (C=O) groups excluding carboxylic acids is 1. The topological polar surface area (TPSA) is 94.6 Å². The highest BCUT2D eigenvalue weighted by molar-refractivity contribution is 8.02. The molecule has 2 N–H and O–H groups in total. The molecule has 0 aliphatic carbocycles. The molecular weight excluding hydrogens is 424 g/mol. The molecule has 0 radical (unpaired) electrons. The van der Waals surface area contributed by atoms with Crippen LogP contribution in [0.2, 0.25) is 0 Å². The molecule has 0 saturated carbocycles. The van der Waals surface area contributed by atoms with Crippen molar-refractivity contribution in [2.24, 2.45) is 0 Å². The van der Waals surface area contributed by atoms with Crippen LogP contribution in [0.4, 0.5) is 16.5 Å². The molecule has 3 aromatic rings. The van der Waals surface area contributed by atoms with Gasteiger partial charge in [0.15, 0.2) is 15.8 Å². The highest BCUT2D eigenvalue weighted by Gasteiger charge is 2.19. The van der Waals surface area contributed by atoms with E-state index in [4.69, 9.17) is 14.2 Å². The van der Waals surface area contributed by atoms with Gasteiger partial charge in [0.25, 0.3) is 0 Å². The van der Waals surface area contributed by atoms with Crippen molar-refractivity contribution in [2.45, 2.75) is 23.4 Å². The Bertz CT molecular complexity index is 1040. The first-order valence-electron chi connectivity index (χ1n) is 9.32. The highest BCUT2D eigenvalue weighted by Crippen LogP contribution is 2.35. The van der Waals surface area contributed by atoms with Crippen LogP contribution in [0, 0.1) is 0 Å². The molecule has 2 aromatic carbocycles. The summed E-state index contributed by atoms with van der Waals surface area (Å²) in [5.74, 6) is 1.92. The number of nitrogens with zero attached hydrogens (tertiary/aromatic N) is 2. The third-order valence-electron chi connectivity index (χ3n) is 4.12. The normalized spacial score (nSPS) is 13.0. The van der Waals surface area contributed by atoms with Gasteiger partial charge in [0.2, 0.25) is 17.8 Å². The molecule has 0 spiro atoms. The lowest BCUT2D eigenvalue weighted by Crippen LogP contribution is -2.22. The van der Waals surface area contributed by atoms with Crippen LogP contribution >= 0.6 is 23.1 Å². The van der Waals surface area contributed by atoms with Crippen molar-refractivity contribution < 1.29 is 19.0 Å². The lowest BCUT2D eigenvalue weighted by atomic mass is 10.2. The van der Waals surface area contributed by atoms with Gasteiger partial charge in [-0.2, -0.15) is 0 Å². The van der Waals surface area contributed by atoms with Gasteiger partial charge in [-0.1, -0.05) is 35.2 Å². The van der Waals surface area contributed by atoms with E-state index >= 15 is 0 Å². The quantitative estimate of drug-likeness (QED) is 0.490. The average molecular weight is 445 g/mol. The maximum absolute atomic E-state index is 12.6. The maximum atomic E-state index is 12.6. The number of nitrogens with one attached hydrogen (secondary N) is 2. The van der Waals surface area contributed by atoms with Gasteiger partial charge in [-0.15, -0.1) is 10.2 Å². The van der Waals surface area contributed by atoms with E-state index in [1.54, 1.807) is 18.2 Å². The number of hydrogen-bond donors (Lipinski definition) is 2. The Hall–Kier alpha value is -2.98. The Kier molecular flexibility index (Phi) is 6.24. The summed E-state index contributed by atoms with van der Waals surface area (Å²) in [6, 6.07) is 13.0. The summed E-state index contributed by atoms with van der Waals surface area (Å²) in [7, 11) is 0. The largest absolute Gasteiger partial charge is 0.492 e. The van der Waals surface area contributed by atoms with Crippen molar-refractivity contribution in [1.29, 1.82) is 0 Å². The molecule has 8 nitrogen and oxygen atoms in total. The number of benzene rings is 2. The molecule has 10 heteroatoms. The molecular formula is C20H20N4O4S2. The lowest BCUT2D eigenvalue weighted by molar-refractivity contribution is -0.115. The van der Waals surface area contributed by atoms with E-state index in [9.17, 15) is 4.79 Å². The molecule has 1 aliphatic rings. The zero-order valence-electron chi connectivity index (χ0n) is 16.4. The smallest absolute Gasteiger partial charge is 0.237 e. The maximum Gasteiger partial charge on any atom is 0.237 e. The fraction of sp³-hybridized carbons (Fsp3) is 0.250. The summed E-state index contributed by atoms with van der Waals surface area (Å²) in [6.45, 7) is 4.53. The van der Waals surface area contributed by atoms with Crippen LogP contribution in [0.5, 0.6) is 17.2 Å². The summed E-state index contributed by atoms with van der Waals surface area (Å²) in [6.07, 6.45) is 0. The molecule has 30 heavy (non-hydrogen) atoms. The van der Waals surface area contributed by atoms with Crippen molar-refractivity contribution >= 4 is 45.5 Å². The predicted molar refractivity (Wildman–Crippen MR) is 117 cm³/mol. The lowest BCUT2D eigenvalue weighted by Gasteiger charge is -2.11. The summed E-state index contributed by atoms with van der Waals surface area (Å²) in [4.78, 5) is 12.6. The molecule has 0 saturated heterocycles. The first-order valence-corrected chi connectivity index (χ1v) is 11.0. The van der Waals surface area contributed by atoms with Crippen molar-refractivity contribution in [3.05, 3.63) is 42.5 Å². The first-order chi connectivity index (χ1) is 14.6. The molecule has 0 bridgehead atoms. The van der Waals surface area contributed by atoms with Crippen LogP contribution in [0.25, 0.3) is 0 Å². The number of rotatable bonds is 8. The molecule has 1 aliphatic heterocycles. The molecule has 1 aromatic heterocycles. The van der Waals surface area contributed by atoms with Gasteiger partial charge in [0.05, 0.1) is 17.5 Å². The summed E-state index contributed by atoms with van der Waals surface area (Å²) in [5.41, 5.74) is 1.48. The van der Waals surface area contributed by atoms with Crippen LogP contribution in [0.15, 0.2) is 46.8 Å². The Labute approximate surface area is 182 Å². The second-order valence-electron chi connectivity index (χ2n) is 6.24. The van der Waals surface area contributed by atoms with Gasteiger partial charge < -0.3 is 24.8 Å². The summed E-state index contributed by atoms with van der Waals surface area (Å²) in [5, 5.41) is 14.7. The third-order valence-corrected chi connectivity index (χ3v) is 6.14. The second-order valence-corrected chi connectivity index (χ2v) is 8.81. The Morgan fingerprint density at radius 1 is 1.23 bits per heavy atom. The van der Waals surface area contributed by atoms with Crippen LogP contribution in [-0.4, -0.2) is 34.8 Å². The van der Waals surface area contributed by atoms with Gasteiger partial charge in [0, 0.05) is 11.8 Å². The number of hydrogen-bond acceptors (Lipinski definition) is 9. The average Bonchev–Trinajstić information content (AvgIpc) is 3.38. The zero-order chi connectivity index (χ0) is 20.9. The third kappa shape index (κ3) is 4.77. The number of amides is 1. The van der Waals surface area contributed by atoms with E-state index in [2.05, 4.69) is 20.8 Å². The number of fused-ring (bicyclic) bond motifs is 1. The monoisotopic (exact) mass is 444 g/mol. The molecule has 0 unspecified atom stereocenters. The molecule has 1 amide bonds. The van der Waals surface area contributed by atoms with Gasteiger partial charge >= 0.3 is 0 Å². The van der Waals surface area contributed by atoms with Crippen LogP contribution in [-0.2, 0) is 4.79 Å². The van der Waals surface area contributed by atoms with Crippen molar-refractivity contribution in [3.63, 3.8) is 0 Å². The standard InChI is InChI=1S/C20H20N4O4S2/c1-3-26-15-7-5-4-6-14(15)22-19-23-24-20(30-19)29-12(2)18(25)21-13-8-9-16-17(10-13)28-11-27-16/h4-10,12H,3,11H2,1-2H3,(H,21,25)(H,22,23)/t12-/m1/s1. The SMILES string of the molecule is CCOc1ccccc1Nc1nnc(S[C@H](C)C(=O)Nc2ccc3c(c2)OCO3)s1. The van der Waals surface area contributed by atoms with Crippen molar-refractivity contribution in [1.82, 2.24) is 10.2 Å². The fourth-order valence-electron chi connectivity index (χ4n) is 2.70. The van der Waals surface area contributed by atoms with E-state index in [0.29, 0.717) is 33.3 Å². The van der Waals surface area contributed by atoms with Crippen molar-refractivity contribution in [2.75, 3.05) is 24.0 Å². The number of thioether (sulfide) groups is 1. The first kappa shape index (κ1) is 20.3. The number of carbonyl (C=O) groups is 1.